The van der Waals surface area contributed by atoms with Gasteiger partial charge in [-0.3, -0.25) is 0 Å². The van der Waals surface area contributed by atoms with E-state index in [0.29, 0.717) is 0 Å². The average molecular weight is 1130 g/mol. The Balaban J connectivity index is 1.05. The Hall–Kier alpha value is -10.6. The van der Waals surface area contributed by atoms with Gasteiger partial charge in [0.2, 0.25) is 0 Å². The molecule has 88 heavy (non-hydrogen) atoms. The number of benzene rings is 14. The molecule has 6 heteroatoms. The molecule has 4 aliphatic rings. The number of nitrogens with zero attached hydrogens (tertiary/aromatic N) is 2. The zero-order valence-electron chi connectivity index (χ0n) is 50.0. The normalized spacial score (nSPS) is 12.8. The van der Waals surface area contributed by atoms with Crippen molar-refractivity contribution in [1.82, 2.24) is 0 Å². The van der Waals surface area contributed by atoms with Crippen molar-refractivity contribution in [1.29, 1.82) is 0 Å². The monoisotopic (exact) mass is 1120 g/mol. The van der Waals surface area contributed by atoms with Gasteiger partial charge in [0.05, 0.1) is 11.4 Å². The third kappa shape index (κ3) is 7.29. The van der Waals surface area contributed by atoms with Gasteiger partial charge in [0, 0.05) is 34.9 Å². The summed E-state index contributed by atoms with van der Waals surface area (Å²) >= 11 is 0. The van der Waals surface area contributed by atoms with Crippen LogP contribution in [0.25, 0.3) is 76.8 Å². The van der Waals surface area contributed by atoms with E-state index in [0.717, 1.165) is 57.1 Å². The summed E-state index contributed by atoms with van der Waals surface area (Å²) in [5.41, 5.74) is 31.2. The minimum Gasteiger partial charge on any atom is -0.458 e. The van der Waals surface area contributed by atoms with E-state index >= 15 is 0 Å². The molecule has 0 radical (unpaired) electrons. The predicted octanol–water partition coefficient (Wildman–Crippen LogP) is 17.9. The maximum absolute atomic E-state index is 7.33. The molecule has 0 spiro atoms. The fraction of sp³-hybridized carbons (Fsp3) is 0.0732. The van der Waals surface area contributed by atoms with Gasteiger partial charge in [-0.2, -0.15) is 0 Å². The first-order valence-corrected chi connectivity index (χ1v) is 30.9. The van der Waals surface area contributed by atoms with Gasteiger partial charge >= 0.3 is 0 Å². The smallest absolute Gasteiger partial charge is 0.252 e. The van der Waals surface area contributed by atoms with Crippen molar-refractivity contribution in [3.63, 3.8) is 0 Å². The zero-order chi connectivity index (χ0) is 58.8. The van der Waals surface area contributed by atoms with Crippen molar-refractivity contribution in [3.8, 4) is 67.5 Å². The Morgan fingerprint density at radius 2 is 0.591 bits per heavy atom. The van der Waals surface area contributed by atoms with E-state index in [9.17, 15) is 0 Å². The molecule has 0 bridgehead atoms. The van der Waals surface area contributed by atoms with Crippen LogP contribution in [0.2, 0.25) is 0 Å². The molecule has 0 aromatic heterocycles. The molecule has 0 amide bonds. The SMILES string of the molecule is Cc1cc(C)c(-c2cc3c4c(cc5c(-c6c(C)cc(C)cc6C)cc6c7c(cc2c4c57)B2c4ccccc4Oc4cc(N(c5ccccc5)c5ccccc5)cc-6c42)B2c4ccccc4Oc4cc(N(c5ccccc5)c5ccccc5)cc-3c42)c(C)c1. The molecule has 0 atom stereocenters. The lowest BCUT2D eigenvalue weighted by Crippen LogP contribution is -2.58. The molecule has 14 aromatic rings. The van der Waals surface area contributed by atoms with Crippen LogP contribution in [-0.2, 0) is 0 Å². The highest BCUT2D eigenvalue weighted by atomic mass is 16.5. The summed E-state index contributed by atoms with van der Waals surface area (Å²) in [6, 6.07) is 90.3. The zero-order valence-corrected chi connectivity index (χ0v) is 50.0. The Morgan fingerprint density at radius 3 is 0.943 bits per heavy atom. The summed E-state index contributed by atoms with van der Waals surface area (Å²) in [4.78, 5) is 4.78. The quantitative estimate of drug-likeness (QED) is 0.112. The van der Waals surface area contributed by atoms with E-state index in [-0.39, 0.29) is 13.4 Å². The first-order chi connectivity index (χ1) is 43.1. The summed E-state index contributed by atoms with van der Waals surface area (Å²) in [6.45, 7) is 13.5. The van der Waals surface area contributed by atoms with Gasteiger partial charge in [0.15, 0.2) is 0 Å². The molecule has 4 nitrogen and oxygen atoms in total. The fourth-order valence-corrected chi connectivity index (χ4v) is 16.5. The van der Waals surface area contributed by atoms with Crippen molar-refractivity contribution < 1.29 is 9.47 Å². The lowest BCUT2D eigenvalue weighted by molar-refractivity contribution is 0.487. The minimum absolute atomic E-state index is 0.131. The van der Waals surface area contributed by atoms with Gasteiger partial charge in [-0.05, 0) is 247 Å². The van der Waals surface area contributed by atoms with Crippen LogP contribution in [0.5, 0.6) is 23.0 Å². The highest BCUT2D eigenvalue weighted by Gasteiger charge is 2.45. The molecular weight excluding hydrogens is 1070 g/mol. The van der Waals surface area contributed by atoms with Gasteiger partial charge in [0.1, 0.15) is 23.0 Å². The number of aryl methyl sites for hydroxylation is 6. The van der Waals surface area contributed by atoms with Crippen molar-refractivity contribution in [2.24, 2.45) is 0 Å². The topological polar surface area (TPSA) is 24.9 Å². The first kappa shape index (κ1) is 50.7. The van der Waals surface area contributed by atoms with E-state index in [1.807, 2.05) is 0 Å². The maximum Gasteiger partial charge on any atom is 0.252 e. The van der Waals surface area contributed by atoms with Crippen molar-refractivity contribution in [3.05, 3.63) is 276 Å². The third-order valence-electron chi connectivity index (χ3n) is 19.6. The standard InChI is InChI=1S/C82H58B2N2O2/c1-47-35-49(3)75(50(4)36-47)59-43-61-65-39-57(85(53-23-11-7-12-24-53)54-25-13-8-14-26-54)41-73-81(65)84(68-32-20-22-34-72(68)87-73)70-46-64-60(76-51(5)37-48(2)38-52(76)6)44-62-66-40-58(86(55-27-15-9-16-28-55)56-29-17-10-18-30-56)42-74-82(66)83(67-31-19-21-33-71(67)88-74)69-45-63(59)79(77(61)70)80(64)78(62)69/h7-46H,1-6H3. The lowest BCUT2D eigenvalue weighted by atomic mass is 9.32. The number of hydrogen-bond acceptors (Lipinski definition) is 4. The molecule has 14 aromatic carbocycles. The van der Waals surface area contributed by atoms with Crippen LogP contribution in [-0.4, -0.2) is 13.4 Å². The van der Waals surface area contributed by atoms with Crippen LogP contribution in [0.1, 0.15) is 33.4 Å². The molecule has 0 saturated carbocycles. The van der Waals surface area contributed by atoms with Crippen molar-refractivity contribution in [2.45, 2.75) is 41.5 Å². The van der Waals surface area contributed by atoms with Gasteiger partial charge in [0.25, 0.3) is 13.4 Å². The number of fused-ring (bicyclic) bond motifs is 8. The third-order valence-corrected chi connectivity index (χ3v) is 19.6. The molecule has 0 unspecified atom stereocenters. The first-order valence-electron chi connectivity index (χ1n) is 30.9. The Kier molecular flexibility index (Phi) is 10.9. The van der Waals surface area contributed by atoms with Crippen LogP contribution in [0.15, 0.2) is 243 Å². The van der Waals surface area contributed by atoms with E-state index in [4.69, 9.17) is 9.47 Å². The van der Waals surface area contributed by atoms with E-state index in [2.05, 4.69) is 294 Å². The summed E-state index contributed by atoms with van der Waals surface area (Å²) in [5.74, 6) is 3.54. The molecule has 0 fully saturated rings. The minimum atomic E-state index is -0.131. The lowest BCUT2D eigenvalue weighted by Gasteiger charge is -2.38. The maximum atomic E-state index is 7.33. The van der Waals surface area contributed by atoms with Gasteiger partial charge in [-0.25, -0.2) is 0 Å². The number of hydrogen-bond donors (Lipinski definition) is 0. The number of anilines is 6. The fourth-order valence-electron chi connectivity index (χ4n) is 16.5. The van der Waals surface area contributed by atoms with Crippen LogP contribution in [0.3, 0.4) is 0 Å². The Morgan fingerprint density at radius 1 is 0.261 bits per heavy atom. The highest BCUT2D eigenvalue weighted by molar-refractivity contribution is 7.01. The molecule has 0 aliphatic carbocycles. The van der Waals surface area contributed by atoms with E-state index < -0.39 is 0 Å². The molecule has 414 valence electrons. The second-order valence-electron chi connectivity index (χ2n) is 25.0. The van der Waals surface area contributed by atoms with Crippen LogP contribution >= 0.6 is 0 Å². The summed E-state index contributed by atoms with van der Waals surface area (Å²) < 4.78 is 14.7. The summed E-state index contributed by atoms with van der Waals surface area (Å²) in [7, 11) is 0. The molecular formula is C82H58B2N2O2. The highest BCUT2D eigenvalue weighted by Crippen LogP contribution is 2.54. The van der Waals surface area contributed by atoms with Crippen LogP contribution in [0, 0.1) is 41.5 Å². The number of para-hydroxylation sites is 6. The molecule has 0 saturated heterocycles. The molecule has 4 aliphatic heterocycles. The van der Waals surface area contributed by atoms with Crippen LogP contribution in [0.4, 0.5) is 34.1 Å². The average Bonchev–Trinajstić information content (AvgIpc) is 0.693. The van der Waals surface area contributed by atoms with Crippen LogP contribution < -0.4 is 52.1 Å². The second kappa shape index (κ2) is 19.0. The largest absolute Gasteiger partial charge is 0.458 e. The Bertz CT molecular complexity index is 4840. The van der Waals surface area contributed by atoms with Crippen molar-refractivity contribution >= 4 is 113 Å². The molecule has 18 rings (SSSR count). The van der Waals surface area contributed by atoms with Crippen molar-refractivity contribution in [2.75, 3.05) is 9.80 Å². The molecule has 0 N–H and O–H groups in total. The predicted molar refractivity (Wildman–Crippen MR) is 372 cm³/mol. The Labute approximate surface area is 514 Å². The number of ether oxygens (including phenoxy) is 2. The summed E-state index contributed by atoms with van der Waals surface area (Å²) in [6.07, 6.45) is 0. The molecule has 4 heterocycles. The van der Waals surface area contributed by atoms with Gasteiger partial charge in [-0.15, -0.1) is 0 Å². The summed E-state index contributed by atoms with van der Waals surface area (Å²) in [5, 5.41) is 7.76. The van der Waals surface area contributed by atoms with E-state index in [1.54, 1.807) is 0 Å². The van der Waals surface area contributed by atoms with E-state index in [1.165, 1.54) is 143 Å². The second-order valence-corrected chi connectivity index (χ2v) is 25.0. The van der Waals surface area contributed by atoms with Gasteiger partial charge in [-0.1, -0.05) is 168 Å². The number of rotatable bonds is 8. The van der Waals surface area contributed by atoms with Gasteiger partial charge < -0.3 is 19.3 Å².